The molecule has 0 unspecified atom stereocenters. The van der Waals surface area contributed by atoms with Crippen molar-refractivity contribution in [2.45, 2.75) is 112 Å². The number of rotatable bonds is 2. The summed E-state index contributed by atoms with van der Waals surface area (Å²) < 4.78 is 0. The first-order valence-electron chi connectivity index (χ1n) is 13.9. The Bertz CT molecular complexity index is 970. The van der Waals surface area contributed by atoms with Crippen LogP contribution >= 0.6 is 0 Å². The third kappa shape index (κ3) is 2.94. The third-order valence-corrected chi connectivity index (χ3v) is 13.0. The topological polar surface area (TPSA) is 94.8 Å². The number of carbonyl (C=O) groups is 2. The van der Waals surface area contributed by atoms with Gasteiger partial charge in [-0.1, -0.05) is 53.2 Å². The molecule has 5 aliphatic rings. The van der Waals surface area contributed by atoms with E-state index in [1.807, 2.05) is 6.92 Å². The quantitative estimate of drug-likeness (QED) is 0.360. The summed E-state index contributed by atoms with van der Waals surface area (Å²) in [5, 5.41) is 33.0. The van der Waals surface area contributed by atoms with Gasteiger partial charge in [-0.25, -0.2) is 0 Å². The molecule has 196 valence electrons. The van der Waals surface area contributed by atoms with Crippen molar-refractivity contribution in [2.75, 3.05) is 0 Å². The van der Waals surface area contributed by atoms with Crippen LogP contribution in [-0.2, 0) is 9.59 Å². The average Bonchev–Trinajstić information content (AvgIpc) is 2.76. The molecule has 3 N–H and O–H groups in total. The number of allylic oxidation sites excluding steroid dienone is 2. The lowest BCUT2D eigenvalue weighted by molar-refractivity contribution is -0.217. The van der Waals surface area contributed by atoms with Crippen LogP contribution < -0.4 is 0 Å². The molecule has 0 aromatic heterocycles. The van der Waals surface area contributed by atoms with E-state index in [2.05, 4.69) is 40.7 Å². The highest BCUT2D eigenvalue weighted by atomic mass is 16.4. The maximum absolute atomic E-state index is 12.8. The molecule has 0 aliphatic heterocycles. The summed E-state index contributed by atoms with van der Waals surface area (Å²) in [6.07, 6.45) is 8.83. The molecule has 0 spiro atoms. The Labute approximate surface area is 210 Å². The minimum Gasteiger partial charge on any atom is -0.481 e. The predicted molar refractivity (Wildman–Crippen MR) is 134 cm³/mol. The van der Waals surface area contributed by atoms with Crippen molar-refractivity contribution in [2.24, 2.45) is 50.2 Å². The minimum atomic E-state index is -1.09. The first kappa shape index (κ1) is 25.4. The molecular weight excluding hydrogens is 440 g/mol. The molecule has 35 heavy (non-hydrogen) atoms. The van der Waals surface area contributed by atoms with E-state index in [0.717, 1.165) is 44.8 Å². The van der Waals surface area contributed by atoms with Gasteiger partial charge in [0, 0.05) is 0 Å². The Morgan fingerprint density at radius 3 is 2.23 bits per heavy atom. The number of fused-ring (bicyclic) bond motifs is 7. The summed E-state index contributed by atoms with van der Waals surface area (Å²) in [7, 11) is 0. The van der Waals surface area contributed by atoms with Crippen LogP contribution in [0.15, 0.2) is 11.6 Å². The fourth-order valence-corrected chi connectivity index (χ4v) is 10.6. The van der Waals surface area contributed by atoms with E-state index in [9.17, 15) is 24.9 Å². The number of aldehydes is 1. The molecule has 0 heterocycles. The van der Waals surface area contributed by atoms with E-state index >= 15 is 0 Å². The van der Waals surface area contributed by atoms with E-state index in [1.165, 1.54) is 5.57 Å². The second-order valence-electron chi connectivity index (χ2n) is 14.8. The normalized spacial score (nSPS) is 54.9. The fraction of sp³-hybridized carbons (Fsp3) is 0.867. The van der Waals surface area contributed by atoms with Gasteiger partial charge in [-0.05, 0) is 97.2 Å². The predicted octanol–water partition coefficient (Wildman–Crippen LogP) is 5.38. The lowest BCUT2D eigenvalue weighted by Gasteiger charge is -2.71. The minimum absolute atomic E-state index is 0.0507. The van der Waals surface area contributed by atoms with Crippen molar-refractivity contribution in [3.05, 3.63) is 11.6 Å². The van der Waals surface area contributed by atoms with Crippen LogP contribution in [0.3, 0.4) is 0 Å². The van der Waals surface area contributed by atoms with Crippen LogP contribution in [0, 0.1) is 50.2 Å². The first-order chi connectivity index (χ1) is 16.1. The molecule has 0 aromatic carbocycles. The highest BCUT2D eigenvalue weighted by Crippen LogP contribution is 2.75. The summed E-state index contributed by atoms with van der Waals surface area (Å²) in [5.41, 5.74) is -0.934. The number of carboxylic acid groups (broad SMARTS) is 1. The van der Waals surface area contributed by atoms with Gasteiger partial charge in [0.05, 0.1) is 17.6 Å². The first-order valence-corrected chi connectivity index (χ1v) is 13.9. The highest BCUT2D eigenvalue weighted by molar-refractivity contribution is 5.77. The number of carboxylic acids is 1. The van der Waals surface area contributed by atoms with Crippen molar-refractivity contribution in [3.8, 4) is 0 Å². The fourth-order valence-electron chi connectivity index (χ4n) is 10.6. The average molecular weight is 487 g/mol. The molecule has 4 fully saturated rings. The van der Waals surface area contributed by atoms with Crippen molar-refractivity contribution >= 4 is 12.3 Å². The molecule has 0 amide bonds. The molecule has 0 bridgehead atoms. The molecule has 0 radical (unpaired) electrons. The zero-order valence-corrected chi connectivity index (χ0v) is 22.6. The van der Waals surface area contributed by atoms with Gasteiger partial charge < -0.3 is 20.1 Å². The number of aliphatic hydroxyl groups is 2. The van der Waals surface area contributed by atoms with Crippen molar-refractivity contribution in [1.82, 2.24) is 0 Å². The van der Waals surface area contributed by atoms with E-state index in [4.69, 9.17) is 0 Å². The van der Waals surface area contributed by atoms with Gasteiger partial charge in [0.2, 0.25) is 0 Å². The van der Waals surface area contributed by atoms with Gasteiger partial charge >= 0.3 is 5.97 Å². The van der Waals surface area contributed by atoms with Gasteiger partial charge in [0.25, 0.3) is 0 Å². The largest absolute Gasteiger partial charge is 0.481 e. The molecule has 5 nitrogen and oxygen atoms in total. The lowest BCUT2D eigenvalue weighted by Crippen LogP contribution is -2.67. The number of aliphatic hydroxyl groups excluding tert-OH is 2. The van der Waals surface area contributed by atoms with E-state index in [0.29, 0.717) is 25.2 Å². The summed E-state index contributed by atoms with van der Waals surface area (Å²) >= 11 is 0. The van der Waals surface area contributed by atoms with Crippen LogP contribution in [0.4, 0.5) is 0 Å². The Morgan fingerprint density at radius 1 is 0.914 bits per heavy atom. The number of aliphatic carboxylic acids is 1. The number of hydrogen-bond acceptors (Lipinski definition) is 4. The van der Waals surface area contributed by atoms with Crippen molar-refractivity contribution in [3.63, 3.8) is 0 Å². The smallest absolute Gasteiger partial charge is 0.312 e. The van der Waals surface area contributed by atoms with Crippen LogP contribution in [0.25, 0.3) is 0 Å². The van der Waals surface area contributed by atoms with Crippen LogP contribution in [-0.4, -0.2) is 39.8 Å². The zero-order valence-electron chi connectivity index (χ0n) is 22.6. The summed E-state index contributed by atoms with van der Waals surface area (Å²) in [4.78, 5) is 25.1. The number of carbonyl (C=O) groups excluding carboxylic acids is 1. The molecule has 4 saturated carbocycles. The zero-order chi connectivity index (χ0) is 25.8. The van der Waals surface area contributed by atoms with Crippen molar-refractivity contribution in [1.29, 1.82) is 0 Å². The van der Waals surface area contributed by atoms with Gasteiger partial charge in [-0.3, -0.25) is 4.79 Å². The van der Waals surface area contributed by atoms with Crippen molar-refractivity contribution < 1.29 is 24.9 Å². The van der Waals surface area contributed by atoms with Crippen LogP contribution in [0.2, 0.25) is 0 Å². The van der Waals surface area contributed by atoms with Gasteiger partial charge in [-0.2, -0.15) is 0 Å². The second kappa shape index (κ2) is 7.43. The summed E-state index contributed by atoms with van der Waals surface area (Å²) in [6.45, 7) is 13.5. The van der Waals surface area contributed by atoms with E-state index in [-0.39, 0.29) is 33.5 Å². The Morgan fingerprint density at radius 2 is 1.60 bits per heavy atom. The Balaban J connectivity index is 1.63. The highest BCUT2D eigenvalue weighted by Gasteiger charge is 2.71. The lowest BCUT2D eigenvalue weighted by atomic mass is 9.33. The monoisotopic (exact) mass is 486 g/mol. The molecule has 5 heteroatoms. The van der Waals surface area contributed by atoms with E-state index in [1.54, 1.807) is 0 Å². The molecular formula is C30H46O5. The van der Waals surface area contributed by atoms with Gasteiger partial charge in [-0.15, -0.1) is 0 Å². The van der Waals surface area contributed by atoms with Crippen LogP contribution in [0.5, 0.6) is 0 Å². The molecule has 5 rings (SSSR count). The summed E-state index contributed by atoms with van der Waals surface area (Å²) in [6, 6.07) is 0. The van der Waals surface area contributed by atoms with Gasteiger partial charge in [0.1, 0.15) is 11.7 Å². The molecule has 0 aromatic rings. The second-order valence-corrected chi connectivity index (χ2v) is 14.8. The van der Waals surface area contributed by atoms with E-state index < -0.39 is 29.0 Å². The molecule has 0 saturated heterocycles. The number of hydrogen-bond donors (Lipinski definition) is 3. The Kier molecular flexibility index (Phi) is 5.40. The standard InChI is InChI=1S/C30H46O5/c1-25(2)13-14-30(24(34)35)19(15-25)18-7-8-21-26(3)11-10-22(32)27(4,17-31)20(26)9-12-28(21,5)29(18,6)16-23(30)33/h7,17,19-23,32-33H,8-16H2,1-6H3,(H,34,35)/t19-,20+,21-,22+,23-,26+,27+,28-,29-,30-/m1/s1. The molecule has 5 aliphatic carbocycles. The summed E-state index contributed by atoms with van der Waals surface area (Å²) in [5.74, 6) is -0.517. The van der Waals surface area contributed by atoms with Gasteiger partial charge in [0.15, 0.2) is 0 Å². The van der Waals surface area contributed by atoms with Crippen LogP contribution in [0.1, 0.15) is 99.3 Å². The maximum atomic E-state index is 12.8. The SMILES string of the molecule is CC1(C)CC[C@]2(C(=O)O)[C@H](O)C[C@]3(C)C(=CC[C@@H]4[C@@]5(C)CC[C@H](O)[C@@](C)(C=O)[C@H]5CC[C@]43C)[C@H]2C1. The molecule has 10 atom stereocenters. The third-order valence-electron chi connectivity index (χ3n) is 13.0. The Hall–Kier alpha value is -1.20. The maximum Gasteiger partial charge on any atom is 0.312 e.